The zero-order valence-electron chi connectivity index (χ0n) is 18.6. The Hall–Kier alpha value is -3.32. The average Bonchev–Trinajstić information content (AvgIpc) is 3.36. The van der Waals surface area contributed by atoms with Crippen molar-refractivity contribution in [3.63, 3.8) is 0 Å². The summed E-state index contributed by atoms with van der Waals surface area (Å²) in [6.45, 7) is 3.38. The molecule has 168 valence electrons. The van der Waals surface area contributed by atoms with Crippen LogP contribution < -0.4 is 9.47 Å². The molecule has 2 aliphatic heterocycles. The number of hydrogen-bond acceptors (Lipinski definition) is 6. The fourth-order valence-corrected chi connectivity index (χ4v) is 4.15. The number of ketones is 1. The highest BCUT2D eigenvalue weighted by atomic mass is 16.7. The molecule has 2 aromatic rings. The number of ether oxygens (including phenoxy) is 2. The number of rotatable bonds is 7. The molecule has 0 saturated carbocycles. The molecular weight excluding hydrogens is 408 g/mol. The van der Waals surface area contributed by atoms with Crippen LogP contribution in [0, 0.1) is 0 Å². The highest BCUT2D eigenvalue weighted by molar-refractivity contribution is 6.46. The number of aliphatic hydroxyl groups is 1. The van der Waals surface area contributed by atoms with Crippen LogP contribution >= 0.6 is 0 Å². The molecule has 2 aromatic carbocycles. The van der Waals surface area contributed by atoms with Crippen LogP contribution in [0.5, 0.6) is 11.5 Å². The topological polar surface area (TPSA) is 79.3 Å². The molecule has 0 spiro atoms. The van der Waals surface area contributed by atoms with Crippen molar-refractivity contribution in [1.82, 2.24) is 9.80 Å². The van der Waals surface area contributed by atoms with Crippen LogP contribution in [0.3, 0.4) is 0 Å². The molecule has 1 fully saturated rings. The Bertz CT molecular complexity index is 1060. The summed E-state index contributed by atoms with van der Waals surface area (Å²) in [7, 11) is 3.93. The Morgan fingerprint density at radius 2 is 1.81 bits per heavy atom. The van der Waals surface area contributed by atoms with Crippen LogP contribution in [0.25, 0.3) is 5.76 Å². The summed E-state index contributed by atoms with van der Waals surface area (Å²) in [5.74, 6) is -0.387. The van der Waals surface area contributed by atoms with E-state index in [0.29, 0.717) is 30.0 Å². The first-order valence-corrected chi connectivity index (χ1v) is 10.8. The third-order valence-electron chi connectivity index (χ3n) is 5.89. The van der Waals surface area contributed by atoms with Gasteiger partial charge in [0.25, 0.3) is 11.7 Å². The number of aryl methyl sites for hydroxylation is 1. The van der Waals surface area contributed by atoms with Gasteiger partial charge in [-0.2, -0.15) is 0 Å². The second-order valence-electron chi connectivity index (χ2n) is 8.31. The Kier molecular flexibility index (Phi) is 6.19. The van der Waals surface area contributed by atoms with Gasteiger partial charge < -0.3 is 24.4 Å². The van der Waals surface area contributed by atoms with Gasteiger partial charge >= 0.3 is 0 Å². The lowest BCUT2D eigenvalue weighted by molar-refractivity contribution is -0.139. The average molecular weight is 437 g/mol. The van der Waals surface area contributed by atoms with E-state index in [-0.39, 0.29) is 18.1 Å². The minimum Gasteiger partial charge on any atom is -0.507 e. The van der Waals surface area contributed by atoms with Crippen molar-refractivity contribution in [2.75, 3.05) is 34.0 Å². The lowest BCUT2D eigenvalue weighted by Crippen LogP contribution is -2.32. The highest BCUT2D eigenvalue weighted by Crippen LogP contribution is 2.41. The van der Waals surface area contributed by atoms with Crippen LogP contribution in [-0.2, 0) is 16.0 Å². The highest BCUT2D eigenvalue weighted by Gasteiger charge is 2.45. The maximum absolute atomic E-state index is 13.1. The zero-order valence-corrected chi connectivity index (χ0v) is 18.6. The normalized spacial score (nSPS) is 19.2. The van der Waals surface area contributed by atoms with Gasteiger partial charge in [0.05, 0.1) is 11.6 Å². The standard InChI is InChI=1S/C25H28N2O5/c1-4-16-6-8-17(9-7-16)22-21(24(29)25(30)27(22)13-5-12-26(2)3)23(28)18-10-11-19-20(14-18)32-15-31-19/h6-11,14,22,28H,4-5,12-13,15H2,1-3H3/b23-21-. The maximum atomic E-state index is 13.1. The van der Waals surface area contributed by atoms with E-state index < -0.39 is 17.7 Å². The summed E-state index contributed by atoms with van der Waals surface area (Å²) in [6, 6.07) is 12.2. The SMILES string of the molecule is CCc1ccc(C2/C(=C(/O)c3ccc4c(c3)OCO4)C(=O)C(=O)N2CCCN(C)C)cc1. The van der Waals surface area contributed by atoms with E-state index in [9.17, 15) is 14.7 Å². The third kappa shape index (κ3) is 4.08. The molecule has 4 rings (SSSR count). The Labute approximate surface area is 187 Å². The van der Waals surface area contributed by atoms with Gasteiger partial charge in [-0.15, -0.1) is 0 Å². The molecule has 0 bridgehead atoms. The van der Waals surface area contributed by atoms with E-state index in [1.807, 2.05) is 43.3 Å². The van der Waals surface area contributed by atoms with Gasteiger partial charge in [-0.1, -0.05) is 31.2 Å². The maximum Gasteiger partial charge on any atom is 0.295 e. The summed E-state index contributed by atoms with van der Waals surface area (Å²) >= 11 is 0. The molecule has 0 radical (unpaired) electrons. The second-order valence-corrected chi connectivity index (χ2v) is 8.31. The first kappa shape index (κ1) is 21.9. The van der Waals surface area contributed by atoms with Gasteiger partial charge in [0.2, 0.25) is 6.79 Å². The first-order chi connectivity index (χ1) is 15.4. The number of likely N-dealkylation sites (tertiary alicyclic amines) is 1. The number of amides is 1. The monoisotopic (exact) mass is 436 g/mol. The van der Waals surface area contributed by atoms with Crippen LogP contribution in [-0.4, -0.2) is 60.6 Å². The molecular formula is C25H28N2O5. The van der Waals surface area contributed by atoms with E-state index in [1.165, 1.54) is 0 Å². The molecule has 2 aliphatic rings. The summed E-state index contributed by atoms with van der Waals surface area (Å²) in [5.41, 5.74) is 2.47. The number of carbonyl (C=O) groups is 2. The number of nitrogens with zero attached hydrogens (tertiary/aromatic N) is 2. The lowest BCUT2D eigenvalue weighted by atomic mass is 9.94. The first-order valence-electron chi connectivity index (χ1n) is 10.8. The molecule has 0 aromatic heterocycles. The smallest absolute Gasteiger partial charge is 0.295 e. The van der Waals surface area contributed by atoms with Gasteiger partial charge in [0.15, 0.2) is 11.5 Å². The molecule has 2 heterocycles. The van der Waals surface area contributed by atoms with Crippen molar-refractivity contribution in [3.05, 3.63) is 64.7 Å². The molecule has 1 saturated heterocycles. The largest absolute Gasteiger partial charge is 0.507 e. The van der Waals surface area contributed by atoms with Crippen molar-refractivity contribution >= 4 is 17.4 Å². The van der Waals surface area contributed by atoms with Crippen molar-refractivity contribution < 1.29 is 24.2 Å². The summed E-state index contributed by atoms with van der Waals surface area (Å²) in [4.78, 5) is 29.7. The summed E-state index contributed by atoms with van der Waals surface area (Å²) in [5, 5.41) is 11.2. The second kappa shape index (κ2) is 9.04. The van der Waals surface area contributed by atoms with Crippen LogP contribution in [0.2, 0.25) is 0 Å². The predicted octanol–water partition coefficient (Wildman–Crippen LogP) is 3.35. The Morgan fingerprint density at radius 1 is 1.09 bits per heavy atom. The number of Topliss-reactive ketones (excluding diaryl/α,β-unsaturated/α-hetero) is 1. The quantitative estimate of drug-likeness (QED) is 0.407. The van der Waals surface area contributed by atoms with Gasteiger partial charge in [-0.05, 0) is 62.8 Å². The van der Waals surface area contributed by atoms with Crippen LogP contribution in [0.4, 0.5) is 0 Å². The molecule has 32 heavy (non-hydrogen) atoms. The number of carbonyl (C=O) groups excluding carboxylic acids is 2. The predicted molar refractivity (Wildman–Crippen MR) is 121 cm³/mol. The van der Waals surface area contributed by atoms with Crippen LogP contribution in [0.1, 0.15) is 36.1 Å². The van der Waals surface area contributed by atoms with Crippen LogP contribution in [0.15, 0.2) is 48.0 Å². The van der Waals surface area contributed by atoms with Crippen molar-refractivity contribution in [2.45, 2.75) is 25.8 Å². The zero-order chi connectivity index (χ0) is 22.8. The van der Waals surface area contributed by atoms with Crippen molar-refractivity contribution in [3.8, 4) is 11.5 Å². The number of fused-ring (bicyclic) bond motifs is 1. The van der Waals surface area contributed by atoms with E-state index >= 15 is 0 Å². The fraction of sp³-hybridized carbons (Fsp3) is 0.360. The Balaban J connectivity index is 1.77. The number of hydrogen-bond donors (Lipinski definition) is 1. The fourth-order valence-electron chi connectivity index (χ4n) is 4.15. The van der Waals surface area contributed by atoms with Gasteiger partial charge in [-0.25, -0.2) is 0 Å². The summed E-state index contributed by atoms with van der Waals surface area (Å²) < 4.78 is 10.7. The van der Waals surface area contributed by atoms with E-state index in [2.05, 4.69) is 6.92 Å². The number of aliphatic hydroxyl groups excluding tert-OH is 1. The minimum atomic E-state index is -0.672. The molecule has 7 heteroatoms. The molecule has 1 atom stereocenters. The molecule has 7 nitrogen and oxygen atoms in total. The molecule has 1 N–H and O–H groups in total. The molecule has 1 amide bonds. The summed E-state index contributed by atoms with van der Waals surface area (Å²) in [6.07, 6.45) is 1.61. The van der Waals surface area contributed by atoms with Gasteiger partial charge in [0.1, 0.15) is 5.76 Å². The molecule has 0 aliphatic carbocycles. The van der Waals surface area contributed by atoms with E-state index in [1.54, 1.807) is 23.1 Å². The minimum absolute atomic E-state index is 0.1000. The third-order valence-corrected chi connectivity index (χ3v) is 5.89. The van der Waals surface area contributed by atoms with Gasteiger partial charge in [-0.3, -0.25) is 9.59 Å². The van der Waals surface area contributed by atoms with Crippen molar-refractivity contribution in [1.29, 1.82) is 0 Å². The molecule has 1 unspecified atom stereocenters. The van der Waals surface area contributed by atoms with E-state index in [0.717, 1.165) is 24.1 Å². The number of benzene rings is 2. The van der Waals surface area contributed by atoms with Gasteiger partial charge in [0, 0.05) is 12.1 Å². The van der Waals surface area contributed by atoms with Crippen molar-refractivity contribution in [2.24, 2.45) is 0 Å². The Morgan fingerprint density at radius 3 is 2.50 bits per heavy atom. The lowest BCUT2D eigenvalue weighted by Gasteiger charge is -2.26. The van der Waals surface area contributed by atoms with E-state index in [4.69, 9.17) is 9.47 Å².